The fourth-order valence-corrected chi connectivity index (χ4v) is 2.58. The van der Waals surface area contributed by atoms with Crippen molar-refractivity contribution < 1.29 is 18.3 Å². The predicted octanol–water partition coefficient (Wildman–Crippen LogP) is 1.30. The van der Waals surface area contributed by atoms with E-state index in [4.69, 9.17) is 0 Å². The van der Waals surface area contributed by atoms with Crippen molar-refractivity contribution in [3.63, 3.8) is 0 Å². The molecule has 114 valence electrons. The summed E-state index contributed by atoms with van der Waals surface area (Å²) in [6.07, 6.45) is -1.53. The van der Waals surface area contributed by atoms with Crippen LogP contribution in [0.1, 0.15) is 19.3 Å². The molecule has 0 aliphatic carbocycles. The van der Waals surface area contributed by atoms with Crippen LogP contribution >= 0.6 is 0 Å². The van der Waals surface area contributed by atoms with Gasteiger partial charge in [-0.1, -0.05) is 5.21 Å². The van der Waals surface area contributed by atoms with Gasteiger partial charge in [0.05, 0.1) is 18.7 Å². The normalized spacial score (nSPS) is 20.2. The zero-order valence-electron chi connectivity index (χ0n) is 11.1. The summed E-state index contributed by atoms with van der Waals surface area (Å²) >= 11 is 0. The minimum Gasteiger partial charge on any atom is -0.391 e. The van der Waals surface area contributed by atoms with Gasteiger partial charge in [0, 0.05) is 19.3 Å². The van der Waals surface area contributed by atoms with Crippen molar-refractivity contribution in [2.45, 2.75) is 38.1 Å². The molecule has 1 aromatic heterocycles. The van der Waals surface area contributed by atoms with E-state index in [1.54, 1.807) is 17.1 Å². The number of hydrogen-bond acceptors (Lipinski definition) is 4. The van der Waals surface area contributed by atoms with Gasteiger partial charge >= 0.3 is 6.18 Å². The van der Waals surface area contributed by atoms with Gasteiger partial charge in [0.2, 0.25) is 0 Å². The fourth-order valence-electron chi connectivity index (χ4n) is 2.58. The molecule has 1 fully saturated rings. The lowest BCUT2D eigenvalue weighted by atomic mass is 9.96. The van der Waals surface area contributed by atoms with Crippen LogP contribution in [-0.4, -0.2) is 56.9 Å². The van der Waals surface area contributed by atoms with Gasteiger partial charge < -0.3 is 10.0 Å². The molecule has 2 rings (SSSR count). The number of nitrogens with zero attached hydrogens (tertiary/aromatic N) is 4. The third-order valence-corrected chi connectivity index (χ3v) is 3.56. The van der Waals surface area contributed by atoms with E-state index in [9.17, 15) is 18.3 Å². The average Bonchev–Trinajstić information content (AvgIpc) is 2.82. The Morgan fingerprint density at radius 1 is 1.30 bits per heavy atom. The monoisotopic (exact) mass is 292 g/mol. The van der Waals surface area contributed by atoms with Gasteiger partial charge in [0.1, 0.15) is 0 Å². The first-order valence-electron chi connectivity index (χ1n) is 6.73. The highest BCUT2D eigenvalue weighted by atomic mass is 19.4. The van der Waals surface area contributed by atoms with Crippen LogP contribution in [0.2, 0.25) is 0 Å². The lowest BCUT2D eigenvalue weighted by Gasteiger charge is -2.33. The summed E-state index contributed by atoms with van der Waals surface area (Å²) in [7, 11) is 0. The van der Waals surface area contributed by atoms with E-state index >= 15 is 0 Å². The molecule has 1 saturated heterocycles. The Hall–Kier alpha value is -1.15. The number of aliphatic hydroxyl groups excluding tert-OH is 1. The number of alkyl halides is 3. The van der Waals surface area contributed by atoms with Gasteiger partial charge in [0.15, 0.2) is 0 Å². The second-order valence-electron chi connectivity index (χ2n) is 5.34. The molecule has 5 nitrogen and oxygen atoms in total. The number of aromatic nitrogens is 3. The van der Waals surface area contributed by atoms with E-state index in [2.05, 4.69) is 10.3 Å². The number of rotatable bonds is 5. The van der Waals surface area contributed by atoms with Crippen molar-refractivity contribution in [3.8, 4) is 0 Å². The van der Waals surface area contributed by atoms with Gasteiger partial charge in [-0.15, -0.1) is 5.10 Å². The van der Waals surface area contributed by atoms with Gasteiger partial charge in [-0.2, -0.15) is 13.2 Å². The van der Waals surface area contributed by atoms with Gasteiger partial charge in [-0.3, -0.25) is 4.68 Å². The zero-order chi connectivity index (χ0) is 14.6. The van der Waals surface area contributed by atoms with Crippen LogP contribution in [-0.2, 0) is 6.54 Å². The Balaban J connectivity index is 1.69. The predicted molar refractivity (Wildman–Crippen MR) is 65.9 cm³/mol. The summed E-state index contributed by atoms with van der Waals surface area (Å²) in [5, 5.41) is 17.1. The summed E-state index contributed by atoms with van der Waals surface area (Å²) in [5.41, 5.74) is 0. The molecule has 0 radical (unpaired) electrons. The van der Waals surface area contributed by atoms with Gasteiger partial charge in [-0.05, 0) is 31.8 Å². The summed E-state index contributed by atoms with van der Waals surface area (Å²) in [4.78, 5) is 1.90. The number of hydrogen-bond donors (Lipinski definition) is 1. The minimum absolute atomic E-state index is 0.0928. The van der Waals surface area contributed by atoms with E-state index in [1.165, 1.54) is 0 Å². The molecule has 1 aliphatic heterocycles. The summed E-state index contributed by atoms with van der Waals surface area (Å²) in [6.45, 7) is 2.32. The number of aliphatic hydroxyl groups is 1. The van der Waals surface area contributed by atoms with Crippen LogP contribution in [0.25, 0.3) is 0 Å². The molecular formula is C12H19F3N4O. The van der Waals surface area contributed by atoms with Crippen LogP contribution in [0.15, 0.2) is 12.4 Å². The highest BCUT2D eigenvalue weighted by Gasteiger charge is 2.32. The van der Waals surface area contributed by atoms with E-state index in [1.807, 2.05) is 4.90 Å². The first kappa shape index (κ1) is 15.2. The Morgan fingerprint density at radius 2 is 2.00 bits per heavy atom. The second kappa shape index (κ2) is 6.53. The van der Waals surface area contributed by atoms with E-state index < -0.39 is 18.7 Å². The lowest BCUT2D eigenvalue weighted by molar-refractivity contribution is -0.155. The van der Waals surface area contributed by atoms with Crippen molar-refractivity contribution in [2.75, 3.05) is 19.6 Å². The lowest BCUT2D eigenvalue weighted by Crippen LogP contribution is -2.40. The molecular weight excluding hydrogens is 273 g/mol. The largest absolute Gasteiger partial charge is 0.391 e. The van der Waals surface area contributed by atoms with Crippen LogP contribution in [0.5, 0.6) is 0 Å². The number of piperidine rings is 1. The molecule has 0 saturated carbocycles. The van der Waals surface area contributed by atoms with E-state index in [0.717, 1.165) is 19.4 Å². The van der Waals surface area contributed by atoms with Crippen LogP contribution < -0.4 is 0 Å². The summed E-state index contributed by atoms with van der Waals surface area (Å²) in [6, 6.07) is 0. The minimum atomic E-state index is -4.30. The molecule has 1 atom stereocenters. The summed E-state index contributed by atoms with van der Waals surface area (Å²) < 4.78 is 38.2. The molecule has 1 N–H and O–H groups in total. The van der Waals surface area contributed by atoms with Crippen LogP contribution in [0.3, 0.4) is 0 Å². The zero-order valence-corrected chi connectivity index (χ0v) is 11.1. The summed E-state index contributed by atoms with van der Waals surface area (Å²) in [5.74, 6) is 0.465. The molecule has 20 heavy (non-hydrogen) atoms. The van der Waals surface area contributed by atoms with Crippen molar-refractivity contribution in [1.29, 1.82) is 0 Å². The number of halogens is 3. The first-order valence-corrected chi connectivity index (χ1v) is 6.73. The van der Waals surface area contributed by atoms with Crippen molar-refractivity contribution in [3.05, 3.63) is 12.4 Å². The number of likely N-dealkylation sites (tertiary alicyclic amines) is 1. The third-order valence-electron chi connectivity index (χ3n) is 3.56. The fraction of sp³-hybridized carbons (Fsp3) is 0.833. The number of β-amino-alcohol motifs (C(OH)–C–C–N with tert-alkyl or cyclic N) is 1. The topological polar surface area (TPSA) is 54.2 Å². The van der Waals surface area contributed by atoms with Crippen molar-refractivity contribution in [2.24, 2.45) is 5.92 Å². The molecule has 2 heterocycles. The van der Waals surface area contributed by atoms with Gasteiger partial charge in [0.25, 0.3) is 0 Å². The quantitative estimate of drug-likeness (QED) is 0.889. The maximum atomic E-state index is 12.1. The molecule has 0 aromatic carbocycles. The Kier molecular flexibility index (Phi) is 4.98. The Bertz CT molecular complexity index is 388. The second-order valence-corrected chi connectivity index (χ2v) is 5.34. The maximum Gasteiger partial charge on any atom is 0.391 e. The van der Waals surface area contributed by atoms with Crippen molar-refractivity contribution >= 4 is 0 Å². The smallest absolute Gasteiger partial charge is 0.391 e. The first-order chi connectivity index (χ1) is 9.42. The van der Waals surface area contributed by atoms with Crippen LogP contribution in [0.4, 0.5) is 13.2 Å². The highest BCUT2D eigenvalue weighted by molar-refractivity contribution is 4.76. The van der Waals surface area contributed by atoms with E-state index in [-0.39, 0.29) is 6.54 Å². The Labute approximate surface area is 115 Å². The van der Waals surface area contributed by atoms with E-state index in [0.29, 0.717) is 19.0 Å². The molecule has 1 aromatic rings. The molecule has 8 heteroatoms. The molecule has 0 spiro atoms. The van der Waals surface area contributed by atoms with Crippen molar-refractivity contribution in [1.82, 2.24) is 19.9 Å². The Morgan fingerprint density at radius 3 is 2.55 bits per heavy atom. The molecule has 0 amide bonds. The standard InChI is InChI=1S/C12H19F3N4O/c13-12(14,15)7-11(20)9-18-4-1-10(2-5-18)8-19-6-3-16-17-19/h3,6,10-11,20H,1-2,4-5,7-9H2/t11-/m0/s1. The molecule has 0 unspecified atom stereocenters. The molecule has 1 aliphatic rings. The highest BCUT2D eigenvalue weighted by Crippen LogP contribution is 2.23. The third kappa shape index (κ3) is 5.09. The molecule has 0 bridgehead atoms. The maximum absolute atomic E-state index is 12.1. The van der Waals surface area contributed by atoms with Crippen LogP contribution in [0, 0.1) is 5.92 Å². The SMILES string of the molecule is O[C@H](CN1CCC(Cn2ccnn2)CC1)CC(F)(F)F. The van der Waals surface area contributed by atoms with Gasteiger partial charge in [-0.25, -0.2) is 0 Å². The average molecular weight is 292 g/mol.